The molecule has 1 heterocycles. The maximum atomic E-state index is 5.73. The third-order valence-corrected chi connectivity index (χ3v) is 3.83. The summed E-state index contributed by atoms with van der Waals surface area (Å²) >= 11 is 10.8. The van der Waals surface area contributed by atoms with Crippen LogP contribution in [0.5, 0.6) is 0 Å². The standard InChI is InChI=1S/C9H11BrClNS/c1-6-3-8(10)5-12-9(6)13-7(2)4-11/h3,5,7H,4H2,1-2H3. The van der Waals surface area contributed by atoms with E-state index in [2.05, 4.69) is 40.8 Å². The fraction of sp³-hybridized carbons (Fsp3) is 0.444. The zero-order valence-electron chi connectivity index (χ0n) is 7.55. The number of pyridine rings is 1. The molecule has 0 aliphatic carbocycles. The first-order chi connectivity index (χ1) is 6.13. The highest BCUT2D eigenvalue weighted by atomic mass is 79.9. The molecular weight excluding hydrogens is 270 g/mol. The molecule has 0 radical (unpaired) electrons. The second-order valence-corrected chi connectivity index (χ2v) is 5.51. The van der Waals surface area contributed by atoms with Gasteiger partial charge in [-0.15, -0.1) is 23.4 Å². The zero-order valence-corrected chi connectivity index (χ0v) is 10.7. The third kappa shape index (κ3) is 3.49. The van der Waals surface area contributed by atoms with Crippen LogP contribution in [-0.4, -0.2) is 16.1 Å². The average molecular weight is 281 g/mol. The summed E-state index contributed by atoms with van der Waals surface area (Å²) in [6.07, 6.45) is 1.82. The van der Waals surface area contributed by atoms with Crippen LogP contribution in [0.3, 0.4) is 0 Å². The minimum atomic E-state index is 0.411. The monoisotopic (exact) mass is 279 g/mol. The fourth-order valence-corrected chi connectivity index (χ4v) is 2.31. The van der Waals surface area contributed by atoms with E-state index in [1.807, 2.05) is 6.20 Å². The number of hydrogen-bond donors (Lipinski definition) is 0. The van der Waals surface area contributed by atoms with E-state index in [4.69, 9.17) is 11.6 Å². The summed E-state index contributed by atoms with van der Waals surface area (Å²) in [6, 6.07) is 2.07. The Morgan fingerprint density at radius 1 is 1.69 bits per heavy atom. The summed E-state index contributed by atoms with van der Waals surface area (Å²) in [4.78, 5) is 4.32. The quantitative estimate of drug-likeness (QED) is 0.616. The van der Waals surface area contributed by atoms with E-state index in [1.54, 1.807) is 11.8 Å². The molecule has 0 aliphatic rings. The third-order valence-electron chi connectivity index (χ3n) is 1.53. The predicted molar refractivity (Wildman–Crippen MR) is 62.7 cm³/mol. The summed E-state index contributed by atoms with van der Waals surface area (Å²) in [7, 11) is 0. The van der Waals surface area contributed by atoms with Crippen molar-refractivity contribution < 1.29 is 0 Å². The number of aromatic nitrogens is 1. The van der Waals surface area contributed by atoms with Crippen LogP contribution in [0, 0.1) is 6.92 Å². The second kappa shape index (κ2) is 5.23. The molecule has 4 heteroatoms. The van der Waals surface area contributed by atoms with Gasteiger partial charge in [-0.2, -0.15) is 0 Å². The van der Waals surface area contributed by atoms with Gasteiger partial charge in [-0.25, -0.2) is 4.98 Å². The maximum absolute atomic E-state index is 5.73. The van der Waals surface area contributed by atoms with Gasteiger partial charge >= 0.3 is 0 Å². The van der Waals surface area contributed by atoms with Crippen molar-refractivity contribution in [3.63, 3.8) is 0 Å². The average Bonchev–Trinajstić information content (AvgIpc) is 2.09. The van der Waals surface area contributed by atoms with Crippen molar-refractivity contribution in [3.8, 4) is 0 Å². The van der Waals surface area contributed by atoms with Crippen molar-refractivity contribution in [1.82, 2.24) is 4.98 Å². The van der Waals surface area contributed by atoms with Crippen LogP contribution in [0.15, 0.2) is 21.8 Å². The predicted octanol–water partition coefficient (Wildman–Crippen LogP) is 3.87. The van der Waals surface area contributed by atoms with Gasteiger partial charge in [-0.05, 0) is 34.5 Å². The highest BCUT2D eigenvalue weighted by Crippen LogP contribution is 2.26. The van der Waals surface area contributed by atoms with Gasteiger partial charge in [0.05, 0.1) is 5.03 Å². The van der Waals surface area contributed by atoms with E-state index >= 15 is 0 Å². The summed E-state index contributed by atoms with van der Waals surface area (Å²) in [5, 5.41) is 1.48. The van der Waals surface area contributed by atoms with Gasteiger partial charge in [0, 0.05) is 21.8 Å². The van der Waals surface area contributed by atoms with Gasteiger partial charge in [0.15, 0.2) is 0 Å². The van der Waals surface area contributed by atoms with Crippen molar-refractivity contribution in [1.29, 1.82) is 0 Å². The van der Waals surface area contributed by atoms with E-state index in [0.717, 1.165) is 9.50 Å². The number of alkyl halides is 1. The fourth-order valence-electron chi connectivity index (χ4n) is 0.873. The summed E-state index contributed by atoms with van der Waals surface area (Å²) < 4.78 is 1.02. The molecular formula is C9H11BrClNS. The molecule has 1 aromatic rings. The second-order valence-electron chi connectivity index (χ2n) is 2.86. The molecule has 0 saturated heterocycles. The molecule has 0 fully saturated rings. The Morgan fingerprint density at radius 3 is 2.92 bits per heavy atom. The number of hydrogen-bond acceptors (Lipinski definition) is 2. The number of halogens is 2. The Morgan fingerprint density at radius 2 is 2.38 bits per heavy atom. The minimum absolute atomic E-state index is 0.411. The minimum Gasteiger partial charge on any atom is -0.248 e. The normalized spacial score (nSPS) is 12.9. The SMILES string of the molecule is Cc1cc(Br)cnc1SC(C)CCl. The molecule has 0 aromatic carbocycles. The molecule has 0 N–H and O–H groups in total. The number of thioether (sulfide) groups is 1. The topological polar surface area (TPSA) is 12.9 Å². The van der Waals surface area contributed by atoms with Gasteiger partial charge in [0.25, 0.3) is 0 Å². The van der Waals surface area contributed by atoms with E-state index in [0.29, 0.717) is 11.1 Å². The summed E-state index contributed by atoms with van der Waals surface area (Å²) in [5.74, 6) is 0.655. The van der Waals surface area contributed by atoms with E-state index < -0.39 is 0 Å². The lowest BCUT2D eigenvalue weighted by atomic mass is 10.3. The molecule has 0 aliphatic heterocycles. The molecule has 1 atom stereocenters. The number of aryl methyl sites for hydroxylation is 1. The van der Waals surface area contributed by atoms with Gasteiger partial charge in [-0.1, -0.05) is 6.92 Å². The van der Waals surface area contributed by atoms with Crippen molar-refractivity contribution in [2.75, 3.05) is 5.88 Å². The van der Waals surface area contributed by atoms with Crippen LogP contribution in [0.25, 0.3) is 0 Å². The van der Waals surface area contributed by atoms with Crippen molar-refractivity contribution in [2.45, 2.75) is 24.1 Å². The van der Waals surface area contributed by atoms with Crippen LogP contribution in [0.4, 0.5) is 0 Å². The van der Waals surface area contributed by atoms with Crippen LogP contribution < -0.4 is 0 Å². The van der Waals surface area contributed by atoms with E-state index in [1.165, 1.54) is 5.56 Å². The highest BCUT2D eigenvalue weighted by molar-refractivity contribution is 9.10. The van der Waals surface area contributed by atoms with Crippen LogP contribution >= 0.6 is 39.3 Å². The lowest BCUT2D eigenvalue weighted by Crippen LogP contribution is -1.98. The molecule has 13 heavy (non-hydrogen) atoms. The van der Waals surface area contributed by atoms with Crippen LogP contribution in [-0.2, 0) is 0 Å². The molecule has 0 spiro atoms. The van der Waals surface area contributed by atoms with Crippen molar-refractivity contribution in [2.24, 2.45) is 0 Å². The van der Waals surface area contributed by atoms with E-state index in [9.17, 15) is 0 Å². The molecule has 1 aromatic heterocycles. The van der Waals surface area contributed by atoms with Crippen molar-refractivity contribution in [3.05, 3.63) is 22.3 Å². The lowest BCUT2D eigenvalue weighted by molar-refractivity contribution is 1.04. The van der Waals surface area contributed by atoms with E-state index in [-0.39, 0.29) is 0 Å². The Balaban J connectivity index is 2.77. The van der Waals surface area contributed by atoms with Gasteiger partial charge < -0.3 is 0 Å². The van der Waals surface area contributed by atoms with Crippen LogP contribution in [0.1, 0.15) is 12.5 Å². The number of nitrogens with zero attached hydrogens (tertiary/aromatic N) is 1. The molecule has 1 nitrogen and oxygen atoms in total. The first-order valence-electron chi connectivity index (χ1n) is 3.98. The first kappa shape index (κ1) is 11.3. The molecule has 1 rings (SSSR count). The maximum Gasteiger partial charge on any atom is 0.0992 e. The Kier molecular flexibility index (Phi) is 4.56. The van der Waals surface area contributed by atoms with Crippen molar-refractivity contribution >= 4 is 39.3 Å². The molecule has 72 valence electrons. The summed E-state index contributed by atoms with van der Waals surface area (Å²) in [6.45, 7) is 4.15. The zero-order chi connectivity index (χ0) is 9.84. The first-order valence-corrected chi connectivity index (χ1v) is 6.19. The smallest absolute Gasteiger partial charge is 0.0992 e. The summed E-state index contributed by atoms with van der Waals surface area (Å²) in [5.41, 5.74) is 1.19. The highest BCUT2D eigenvalue weighted by Gasteiger charge is 2.06. The lowest BCUT2D eigenvalue weighted by Gasteiger charge is -2.08. The van der Waals surface area contributed by atoms with Gasteiger partial charge in [0.1, 0.15) is 0 Å². The van der Waals surface area contributed by atoms with Gasteiger partial charge in [-0.3, -0.25) is 0 Å². The Hall–Kier alpha value is 0.270. The van der Waals surface area contributed by atoms with Gasteiger partial charge in [0.2, 0.25) is 0 Å². The molecule has 0 saturated carbocycles. The Bertz CT molecular complexity index is 293. The molecule has 0 amide bonds. The molecule has 1 unspecified atom stereocenters. The largest absolute Gasteiger partial charge is 0.248 e. The number of rotatable bonds is 3. The molecule has 0 bridgehead atoms. The van der Waals surface area contributed by atoms with Crippen LogP contribution in [0.2, 0.25) is 0 Å². The Labute approximate surface area is 96.4 Å².